The molecule has 1 aromatic heterocycles. The first-order chi connectivity index (χ1) is 15.9. The largest absolute Gasteiger partial charge is 0.495 e. The van der Waals surface area contributed by atoms with E-state index in [1.165, 1.54) is 0 Å². The van der Waals surface area contributed by atoms with Crippen LogP contribution in [0.4, 0.5) is 11.4 Å². The summed E-state index contributed by atoms with van der Waals surface area (Å²) in [5.74, 6) is 0.513. The molecule has 168 valence electrons. The minimum Gasteiger partial charge on any atom is -0.495 e. The number of halogens is 3. The van der Waals surface area contributed by atoms with Crippen LogP contribution >= 0.6 is 51.3 Å². The Morgan fingerprint density at radius 3 is 2.64 bits per heavy atom. The molecule has 0 bridgehead atoms. The van der Waals surface area contributed by atoms with Gasteiger partial charge >= 0.3 is 0 Å². The van der Waals surface area contributed by atoms with Gasteiger partial charge in [0, 0.05) is 20.6 Å². The van der Waals surface area contributed by atoms with Crippen LogP contribution in [0.25, 0.3) is 10.9 Å². The van der Waals surface area contributed by atoms with E-state index in [4.69, 9.17) is 40.2 Å². The lowest BCUT2D eigenvalue weighted by molar-refractivity contribution is 0.415. The summed E-state index contributed by atoms with van der Waals surface area (Å²) in [5.41, 5.74) is 2.59. The van der Waals surface area contributed by atoms with Crippen LogP contribution < -0.4 is 10.1 Å². The van der Waals surface area contributed by atoms with Crippen LogP contribution in [0, 0.1) is 0 Å². The zero-order valence-electron chi connectivity index (χ0n) is 17.2. The number of aromatic nitrogens is 1. The number of thiocarbonyl (C=S) groups is 1. The summed E-state index contributed by atoms with van der Waals surface area (Å²) in [6.07, 6.45) is 0. The van der Waals surface area contributed by atoms with Crippen LogP contribution in [0.2, 0.25) is 10.0 Å². The highest BCUT2D eigenvalue weighted by Gasteiger charge is 2.18. The Balaban J connectivity index is 1.66. The third kappa shape index (κ3) is 5.14. The van der Waals surface area contributed by atoms with Crippen LogP contribution in [0.1, 0.15) is 5.56 Å². The minimum atomic E-state index is -0.0398. The lowest BCUT2D eigenvalue weighted by Gasteiger charge is -2.09. The predicted molar refractivity (Wildman–Crippen MR) is 141 cm³/mol. The molecule has 0 aliphatic carbocycles. The average molecular weight is 564 g/mol. The van der Waals surface area contributed by atoms with Crippen molar-refractivity contribution in [3.05, 3.63) is 80.7 Å². The molecule has 0 fully saturated rings. The Hall–Kier alpha value is -2.65. The number of hydrogen-bond donors (Lipinski definition) is 2. The van der Waals surface area contributed by atoms with E-state index < -0.39 is 0 Å². The van der Waals surface area contributed by atoms with Crippen LogP contribution in [-0.4, -0.2) is 21.9 Å². The highest BCUT2D eigenvalue weighted by Crippen LogP contribution is 2.41. The van der Waals surface area contributed by atoms with Crippen molar-refractivity contribution in [3.8, 4) is 11.6 Å². The molecule has 0 atom stereocenters. The third-order valence-corrected chi connectivity index (χ3v) is 6.24. The van der Waals surface area contributed by atoms with E-state index in [1.807, 2.05) is 42.5 Å². The Labute approximate surface area is 213 Å². The van der Waals surface area contributed by atoms with E-state index in [0.29, 0.717) is 39.1 Å². The second-order valence-corrected chi connectivity index (χ2v) is 9.11. The van der Waals surface area contributed by atoms with E-state index in [-0.39, 0.29) is 11.0 Å². The molecule has 3 aromatic carbocycles. The van der Waals surface area contributed by atoms with E-state index in [9.17, 15) is 5.11 Å². The van der Waals surface area contributed by atoms with E-state index >= 15 is 0 Å². The molecule has 0 unspecified atom stereocenters. The number of rotatable bonds is 5. The number of methoxy groups -OCH3 is 1. The molecule has 0 aliphatic rings. The van der Waals surface area contributed by atoms with Crippen LogP contribution in [0.5, 0.6) is 11.6 Å². The molecule has 2 N–H and O–H groups in total. The predicted octanol–water partition coefficient (Wildman–Crippen LogP) is 7.95. The number of ether oxygens (including phenoxy) is 1. The van der Waals surface area contributed by atoms with Crippen molar-refractivity contribution in [2.24, 2.45) is 10.2 Å². The average Bonchev–Trinajstić information content (AvgIpc) is 3.04. The number of nitrogens with zero attached hydrogens (tertiary/aromatic N) is 3. The van der Waals surface area contributed by atoms with Gasteiger partial charge in [-0.15, -0.1) is 10.2 Å². The zero-order chi connectivity index (χ0) is 23.5. The van der Waals surface area contributed by atoms with Gasteiger partial charge < -0.3 is 19.7 Å². The molecule has 0 saturated heterocycles. The first kappa shape index (κ1) is 23.5. The number of aromatic hydroxyl groups is 1. The van der Waals surface area contributed by atoms with Gasteiger partial charge in [0.1, 0.15) is 5.75 Å². The second kappa shape index (κ2) is 10.1. The van der Waals surface area contributed by atoms with Crippen molar-refractivity contribution < 1.29 is 9.84 Å². The topological polar surface area (TPSA) is 71.1 Å². The number of fused-ring (bicyclic) bond motifs is 1. The quantitative estimate of drug-likeness (QED) is 0.191. The monoisotopic (exact) mass is 562 g/mol. The number of benzene rings is 3. The Morgan fingerprint density at radius 1 is 1.12 bits per heavy atom. The molecule has 6 nitrogen and oxygen atoms in total. The maximum atomic E-state index is 11.0. The molecular weight excluding hydrogens is 547 g/mol. The minimum absolute atomic E-state index is 0.0398. The van der Waals surface area contributed by atoms with Gasteiger partial charge in [0.25, 0.3) is 0 Å². The standard InChI is InChI=1S/C23H17BrCl2N4O2S/c1-32-20-9-7-15(11-18(20)26)27-23(33)29-28-21-16-10-14(24)6-8-19(16)30(22(21)31)12-13-4-2-3-5-17(13)25/h2-11,31H,12H2,1H3,(H,27,33). The number of azo groups is 1. The molecule has 33 heavy (non-hydrogen) atoms. The summed E-state index contributed by atoms with van der Waals surface area (Å²) in [5, 5.41) is 24.2. The van der Waals surface area contributed by atoms with Crippen molar-refractivity contribution in [1.82, 2.24) is 4.57 Å². The number of anilines is 1. The molecule has 0 saturated carbocycles. The van der Waals surface area contributed by atoms with Crippen LogP contribution in [0.3, 0.4) is 0 Å². The zero-order valence-corrected chi connectivity index (χ0v) is 21.1. The fourth-order valence-corrected chi connectivity index (χ4v) is 4.31. The number of hydrogen-bond acceptors (Lipinski definition) is 4. The summed E-state index contributed by atoms with van der Waals surface area (Å²) >= 11 is 21.3. The van der Waals surface area contributed by atoms with Gasteiger partial charge in [-0.1, -0.05) is 57.3 Å². The maximum absolute atomic E-state index is 11.0. The Morgan fingerprint density at radius 2 is 1.91 bits per heavy atom. The smallest absolute Gasteiger partial charge is 0.221 e. The molecule has 4 rings (SSSR count). The van der Waals surface area contributed by atoms with Gasteiger partial charge in [-0.3, -0.25) is 0 Å². The van der Waals surface area contributed by atoms with Gasteiger partial charge in [-0.2, -0.15) is 0 Å². The summed E-state index contributed by atoms with van der Waals surface area (Å²) < 4.78 is 7.73. The number of nitrogens with one attached hydrogen (secondary N) is 1. The van der Waals surface area contributed by atoms with Gasteiger partial charge in [0.05, 0.1) is 24.2 Å². The highest BCUT2D eigenvalue weighted by molar-refractivity contribution is 9.10. The van der Waals surface area contributed by atoms with Gasteiger partial charge in [0.2, 0.25) is 11.0 Å². The molecule has 0 spiro atoms. The van der Waals surface area contributed by atoms with E-state index in [1.54, 1.807) is 29.9 Å². The van der Waals surface area contributed by atoms with Crippen molar-refractivity contribution in [3.63, 3.8) is 0 Å². The van der Waals surface area contributed by atoms with Crippen molar-refractivity contribution >= 4 is 78.7 Å². The molecule has 0 aliphatic heterocycles. The second-order valence-electron chi connectivity index (χ2n) is 6.99. The molecule has 1 heterocycles. The first-order valence-electron chi connectivity index (χ1n) is 9.67. The van der Waals surface area contributed by atoms with Gasteiger partial charge in [-0.25, -0.2) is 0 Å². The maximum Gasteiger partial charge on any atom is 0.221 e. The molecule has 4 aromatic rings. The molecule has 0 radical (unpaired) electrons. The molecule has 0 amide bonds. The Kier molecular flexibility index (Phi) is 7.19. The normalized spacial score (nSPS) is 11.3. The van der Waals surface area contributed by atoms with Crippen LogP contribution in [0.15, 0.2) is 75.4 Å². The fourth-order valence-electron chi connectivity index (χ4n) is 3.34. The summed E-state index contributed by atoms with van der Waals surface area (Å²) in [7, 11) is 1.54. The highest BCUT2D eigenvalue weighted by atomic mass is 79.9. The van der Waals surface area contributed by atoms with Crippen molar-refractivity contribution in [2.75, 3.05) is 12.4 Å². The van der Waals surface area contributed by atoms with Crippen LogP contribution in [-0.2, 0) is 6.54 Å². The summed E-state index contributed by atoms with van der Waals surface area (Å²) in [6, 6.07) is 18.3. The Bertz CT molecular complexity index is 1390. The lowest BCUT2D eigenvalue weighted by Crippen LogP contribution is -2.04. The van der Waals surface area contributed by atoms with Gasteiger partial charge in [-0.05, 0) is 60.2 Å². The SMILES string of the molecule is COc1ccc(NC(=S)N=Nc2c(O)n(Cc3ccccc3Cl)c3ccc(Br)cc23)cc1Cl. The van der Waals surface area contributed by atoms with E-state index in [0.717, 1.165) is 15.6 Å². The van der Waals surface area contributed by atoms with Gasteiger partial charge in [0.15, 0.2) is 5.69 Å². The lowest BCUT2D eigenvalue weighted by atomic mass is 10.2. The van der Waals surface area contributed by atoms with Crippen molar-refractivity contribution in [1.29, 1.82) is 0 Å². The first-order valence-corrected chi connectivity index (χ1v) is 11.6. The summed E-state index contributed by atoms with van der Waals surface area (Å²) in [4.78, 5) is 0. The summed E-state index contributed by atoms with van der Waals surface area (Å²) in [6.45, 7) is 0.367. The third-order valence-electron chi connectivity index (χ3n) is 4.90. The fraction of sp³-hybridized carbons (Fsp3) is 0.0870. The van der Waals surface area contributed by atoms with E-state index in [2.05, 4.69) is 31.5 Å². The molecular formula is C23H17BrCl2N4O2S. The van der Waals surface area contributed by atoms with Crippen molar-refractivity contribution in [2.45, 2.75) is 6.54 Å². The molecule has 10 heteroatoms.